The highest BCUT2D eigenvalue weighted by atomic mass is 16.5. The summed E-state index contributed by atoms with van der Waals surface area (Å²) < 4.78 is 17.9. The summed E-state index contributed by atoms with van der Waals surface area (Å²) in [4.78, 5) is 17.7. The average Bonchev–Trinajstić information content (AvgIpc) is 3.55. The average molecular weight is 671 g/mol. The van der Waals surface area contributed by atoms with Crippen molar-refractivity contribution in [2.24, 2.45) is 4.99 Å². The number of anilines is 2. The van der Waals surface area contributed by atoms with Gasteiger partial charge in [-0.2, -0.15) is 0 Å². The van der Waals surface area contributed by atoms with Gasteiger partial charge in [0, 0.05) is 75.4 Å². The highest BCUT2D eigenvalue weighted by molar-refractivity contribution is 6.09. The van der Waals surface area contributed by atoms with Crippen molar-refractivity contribution in [3.63, 3.8) is 0 Å². The maximum absolute atomic E-state index is 6.01. The molecular formula is C40H58N6O3. The predicted molar refractivity (Wildman–Crippen MR) is 206 cm³/mol. The Labute approximate surface area is 294 Å². The van der Waals surface area contributed by atoms with Crippen LogP contribution in [0.15, 0.2) is 71.7 Å². The Morgan fingerprint density at radius 1 is 0.959 bits per heavy atom. The minimum atomic E-state index is -0.155. The van der Waals surface area contributed by atoms with Gasteiger partial charge in [-0.3, -0.25) is 4.99 Å². The van der Waals surface area contributed by atoms with Gasteiger partial charge in [0.15, 0.2) is 0 Å². The Hall–Kier alpha value is -3.92. The number of H-pyrrole nitrogens is 1. The van der Waals surface area contributed by atoms with Crippen molar-refractivity contribution >= 4 is 28.2 Å². The highest BCUT2D eigenvalue weighted by Gasteiger charge is 2.18. The number of amidine groups is 1. The first-order valence-electron chi connectivity index (χ1n) is 18.0. The van der Waals surface area contributed by atoms with E-state index in [2.05, 4.69) is 96.2 Å². The number of aliphatic imine (C=N–C) groups is 1. The fraction of sp³-hybridized carbons (Fsp3) is 0.500. The zero-order chi connectivity index (χ0) is 35.2. The molecule has 3 aromatic carbocycles. The number of hydrogen-bond acceptors (Lipinski definition) is 7. The van der Waals surface area contributed by atoms with Crippen LogP contribution in [0.5, 0.6) is 5.75 Å². The van der Waals surface area contributed by atoms with Gasteiger partial charge in [0.1, 0.15) is 17.4 Å². The molecule has 0 radical (unpaired) electrons. The highest BCUT2D eigenvalue weighted by Crippen LogP contribution is 2.25. The molecule has 1 aliphatic rings. The van der Waals surface area contributed by atoms with E-state index in [4.69, 9.17) is 19.2 Å². The molecule has 4 aromatic rings. The van der Waals surface area contributed by atoms with E-state index in [-0.39, 0.29) is 11.7 Å². The van der Waals surface area contributed by atoms with E-state index in [1.54, 1.807) is 0 Å². The van der Waals surface area contributed by atoms with Gasteiger partial charge in [0.2, 0.25) is 0 Å². The molecular weight excluding hydrogens is 612 g/mol. The monoisotopic (exact) mass is 670 g/mol. The molecule has 1 atom stereocenters. The lowest BCUT2D eigenvalue weighted by Crippen LogP contribution is -2.44. The largest absolute Gasteiger partial charge is 0.493 e. The number of likely N-dealkylation sites (N-methyl/N-ethyl adjacent to an activating group) is 1. The lowest BCUT2D eigenvalue weighted by atomic mass is 10.1. The van der Waals surface area contributed by atoms with Crippen LogP contribution in [0.1, 0.15) is 66.4 Å². The number of piperazine rings is 1. The number of ether oxygens (including phenoxy) is 3. The van der Waals surface area contributed by atoms with Crippen molar-refractivity contribution in [1.29, 1.82) is 0 Å². The molecule has 0 aliphatic carbocycles. The van der Waals surface area contributed by atoms with Crippen molar-refractivity contribution in [2.45, 2.75) is 72.5 Å². The number of hydrogen-bond donors (Lipinski definition) is 2. The number of nitrogens with zero attached hydrogens (tertiary/aromatic N) is 4. The molecule has 1 aliphatic heterocycles. The van der Waals surface area contributed by atoms with Gasteiger partial charge in [0.25, 0.3) is 0 Å². The van der Waals surface area contributed by atoms with Crippen LogP contribution in [-0.4, -0.2) is 92.5 Å². The van der Waals surface area contributed by atoms with Gasteiger partial charge in [0.05, 0.1) is 29.3 Å². The third-order valence-corrected chi connectivity index (χ3v) is 8.70. The number of fused-ring (bicyclic) bond motifs is 1. The molecule has 0 spiro atoms. The summed E-state index contributed by atoms with van der Waals surface area (Å²) >= 11 is 0. The van der Waals surface area contributed by atoms with Crippen molar-refractivity contribution in [3.8, 4) is 17.1 Å². The van der Waals surface area contributed by atoms with Gasteiger partial charge in [-0.25, -0.2) is 4.98 Å². The number of imidazole rings is 1. The van der Waals surface area contributed by atoms with Crippen molar-refractivity contribution in [3.05, 3.63) is 72.3 Å². The minimum Gasteiger partial charge on any atom is -0.493 e. The van der Waals surface area contributed by atoms with Crippen LogP contribution in [0.4, 0.5) is 11.4 Å². The van der Waals surface area contributed by atoms with Crippen LogP contribution < -0.4 is 15.0 Å². The Balaban J connectivity index is 0.00000265. The third kappa shape index (κ3) is 11.3. The van der Waals surface area contributed by atoms with Crippen molar-refractivity contribution in [2.75, 3.05) is 70.3 Å². The summed E-state index contributed by atoms with van der Waals surface area (Å²) in [6, 6.07) is 22.9. The third-order valence-electron chi connectivity index (χ3n) is 8.70. The van der Waals surface area contributed by atoms with E-state index in [0.717, 1.165) is 97.3 Å². The zero-order valence-corrected chi connectivity index (χ0v) is 31.0. The van der Waals surface area contributed by atoms with E-state index >= 15 is 0 Å². The second-order valence-corrected chi connectivity index (χ2v) is 13.1. The van der Waals surface area contributed by atoms with E-state index < -0.39 is 0 Å². The van der Waals surface area contributed by atoms with Gasteiger partial charge >= 0.3 is 0 Å². The molecule has 266 valence electrons. The Morgan fingerprint density at radius 3 is 2.35 bits per heavy atom. The van der Waals surface area contributed by atoms with Crippen LogP contribution in [0.2, 0.25) is 0 Å². The van der Waals surface area contributed by atoms with Crippen LogP contribution in [-0.2, 0) is 9.47 Å². The molecule has 1 aromatic heterocycles. The zero-order valence-electron chi connectivity index (χ0n) is 31.0. The number of rotatable bonds is 15. The Kier molecular flexibility index (Phi) is 14.5. The number of aromatic nitrogens is 2. The Bertz CT molecular complexity index is 1570. The molecule has 49 heavy (non-hydrogen) atoms. The SMILES string of the molecule is CC.CCCOC(C)(C)CCOC(C)CCOc1ccc(-c2nc3ccc(C(=NC)Nc4ccc(N5CCN(C)CC5)cc4)cc3[nH]2)cc1. The van der Waals surface area contributed by atoms with Crippen LogP contribution in [0, 0.1) is 0 Å². The molecule has 1 fully saturated rings. The second-order valence-electron chi connectivity index (χ2n) is 13.1. The summed E-state index contributed by atoms with van der Waals surface area (Å²) in [5.41, 5.74) is 5.98. The second kappa shape index (κ2) is 18.7. The maximum Gasteiger partial charge on any atom is 0.138 e. The van der Waals surface area contributed by atoms with Crippen molar-refractivity contribution in [1.82, 2.24) is 14.9 Å². The van der Waals surface area contributed by atoms with Crippen LogP contribution in [0.3, 0.4) is 0 Å². The summed E-state index contributed by atoms with van der Waals surface area (Å²) in [7, 11) is 3.99. The van der Waals surface area contributed by atoms with Gasteiger partial charge < -0.3 is 34.3 Å². The summed E-state index contributed by atoms with van der Waals surface area (Å²) in [6.45, 7) is 18.8. The van der Waals surface area contributed by atoms with Gasteiger partial charge in [-0.15, -0.1) is 0 Å². The van der Waals surface area contributed by atoms with E-state index in [1.807, 2.05) is 51.2 Å². The minimum absolute atomic E-state index is 0.123. The predicted octanol–water partition coefficient (Wildman–Crippen LogP) is 8.27. The standard InChI is InChI=1S/C38H52N6O3.C2H6/c1-7-24-47-38(3,4)19-26-45-28(2)18-25-46-33-15-8-29(9-16-33)37-41-34-17-10-30(27-35(34)42-37)36(39-5)40-31-11-13-32(14-12-31)44-22-20-43(6)21-23-44;1-2/h8-17,27-28H,7,18-26H2,1-6H3,(H,39,40)(H,41,42);1-2H3. The van der Waals surface area contributed by atoms with Gasteiger partial charge in [-0.05, 0) is 107 Å². The smallest absolute Gasteiger partial charge is 0.138 e. The molecule has 5 rings (SSSR count). The number of aromatic amines is 1. The molecule has 0 bridgehead atoms. The summed E-state index contributed by atoms with van der Waals surface area (Å²) in [5, 5.41) is 3.50. The van der Waals surface area contributed by atoms with E-state index in [0.29, 0.717) is 13.2 Å². The van der Waals surface area contributed by atoms with Crippen LogP contribution in [0.25, 0.3) is 22.4 Å². The van der Waals surface area contributed by atoms with Crippen molar-refractivity contribution < 1.29 is 14.2 Å². The fourth-order valence-electron chi connectivity index (χ4n) is 5.60. The molecule has 0 saturated carbocycles. The molecule has 0 amide bonds. The first-order valence-corrected chi connectivity index (χ1v) is 18.0. The lowest BCUT2D eigenvalue weighted by Gasteiger charge is -2.34. The van der Waals surface area contributed by atoms with E-state index in [9.17, 15) is 0 Å². The number of benzene rings is 3. The van der Waals surface area contributed by atoms with Crippen LogP contribution >= 0.6 is 0 Å². The molecule has 1 saturated heterocycles. The normalized spacial score (nSPS) is 14.8. The molecule has 2 heterocycles. The molecule has 2 N–H and O–H groups in total. The molecule has 9 heteroatoms. The summed E-state index contributed by atoms with van der Waals surface area (Å²) in [6.07, 6.45) is 2.85. The fourth-order valence-corrected chi connectivity index (χ4v) is 5.60. The lowest BCUT2D eigenvalue weighted by molar-refractivity contribution is -0.0504. The number of nitrogens with one attached hydrogen (secondary N) is 2. The first kappa shape index (κ1) is 37.9. The Morgan fingerprint density at radius 2 is 1.67 bits per heavy atom. The van der Waals surface area contributed by atoms with Gasteiger partial charge in [-0.1, -0.05) is 20.8 Å². The quantitative estimate of drug-likeness (QED) is 0.0973. The molecule has 1 unspecified atom stereocenters. The molecule has 9 nitrogen and oxygen atoms in total. The maximum atomic E-state index is 6.01. The first-order chi connectivity index (χ1) is 23.7. The summed E-state index contributed by atoms with van der Waals surface area (Å²) in [5.74, 6) is 2.46. The van der Waals surface area contributed by atoms with E-state index in [1.165, 1.54) is 5.69 Å². The topological polar surface area (TPSA) is 87.2 Å².